The average Bonchev–Trinajstić information content (AvgIpc) is 2.94. The summed E-state index contributed by atoms with van der Waals surface area (Å²) in [7, 11) is 1.54. The molecular weight excluding hydrogens is 476 g/mol. The molecule has 0 amide bonds. The number of ether oxygens (including phenoxy) is 2. The number of nitrogens with two attached hydrogens (primary N) is 1. The maximum atomic E-state index is 10.6. The van der Waals surface area contributed by atoms with Crippen LogP contribution in [0.25, 0.3) is 32.8 Å². The van der Waals surface area contributed by atoms with Gasteiger partial charge in [-0.1, -0.05) is 29.7 Å². The van der Waals surface area contributed by atoms with Crippen LogP contribution in [0.4, 0.5) is 5.82 Å². The molecule has 7 nitrogen and oxygen atoms in total. The second-order valence-corrected chi connectivity index (χ2v) is 9.83. The zero-order valence-electron chi connectivity index (χ0n) is 19.7. The van der Waals surface area contributed by atoms with E-state index in [1.54, 1.807) is 12.1 Å². The Bertz CT molecular complexity index is 1560. The Morgan fingerprint density at radius 3 is 2.86 bits per heavy atom. The van der Waals surface area contributed by atoms with Crippen LogP contribution in [-0.2, 0) is 0 Å². The van der Waals surface area contributed by atoms with Crippen molar-refractivity contribution in [3.63, 3.8) is 0 Å². The summed E-state index contributed by atoms with van der Waals surface area (Å²) in [6, 6.07) is 11.4. The number of terminal acetylenes is 1. The van der Waals surface area contributed by atoms with E-state index < -0.39 is 0 Å². The molecule has 1 aliphatic heterocycles. The SMILES string of the molecule is C#Cc1cccc2cc(O)cc(-c3cc4nc(OC)nc5c4c(c3Cl)OCC3CC(CCC3N)N5)c12. The van der Waals surface area contributed by atoms with Gasteiger partial charge in [-0.15, -0.1) is 6.42 Å². The minimum Gasteiger partial charge on any atom is -0.508 e. The van der Waals surface area contributed by atoms with Crippen LogP contribution in [-0.4, -0.2) is 40.9 Å². The van der Waals surface area contributed by atoms with Gasteiger partial charge >= 0.3 is 6.01 Å². The highest BCUT2D eigenvalue weighted by atomic mass is 35.5. The first-order chi connectivity index (χ1) is 17.5. The van der Waals surface area contributed by atoms with E-state index in [-0.39, 0.29) is 29.8 Å². The summed E-state index contributed by atoms with van der Waals surface area (Å²) in [4.78, 5) is 9.25. The van der Waals surface area contributed by atoms with Crippen LogP contribution in [0.1, 0.15) is 24.8 Å². The summed E-state index contributed by atoms with van der Waals surface area (Å²) >= 11 is 7.10. The van der Waals surface area contributed by atoms with Gasteiger partial charge in [-0.3, -0.25) is 0 Å². The molecule has 182 valence electrons. The summed E-state index contributed by atoms with van der Waals surface area (Å²) in [6.45, 7) is 0.430. The Hall–Kier alpha value is -3.73. The van der Waals surface area contributed by atoms with Crippen molar-refractivity contribution in [2.75, 3.05) is 19.0 Å². The Morgan fingerprint density at radius 2 is 2.06 bits per heavy atom. The van der Waals surface area contributed by atoms with E-state index in [4.69, 9.17) is 33.2 Å². The zero-order valence-corrected chi connectivity index (χ0v) is 20.5. The molecule has 4 aromatic rings. The van der Waals surface area contributed by atoms with Crippen molar-refractivity contribution in [2.24, 2.45) is 11.7 Å². The molecule has 0 spiro atoms. The number of hydrogen-bond donors (Lipinski definition) is 3. The minimum atomic E-state index is 0.0514. The standard InChI is InChI=1S/C28H25ClN4O3/c1-3-14-5-4-6-15-10-18(34)11-19(23(14)15)20-12-22-24-26(25(20)29)36-13-16-9-17(7-8-21(16)30)31-27(24)33-28(32-22)35-2/h1,4-6,10-12,16-17,21,34H,7-9,13,30H2,2H3,(H,31,32,33). The number of nitrogens with zero attached hydrogens (tertiary/aromatic N) is 2. The number of benzene rings is 3. The zero-order chi connectivity index (χ0) is 25.0. The number of fused-ring (bicyclic) bond motifs is 3. The van der Waals surface area contributed by atoms with Crippen molar-refractivity contribution >= 4 is 39.1 Å². The molecule has 3 atom stereocenters. The number of phenols is 1. The summed E-state index contributed by atoms with van der Waals surface area (Å²) in [6.07, 6.45) is 8.55. The number of halogens is 1. The lowest BCUT2D eigenvalue weighted by Crippen LogP contribution is -2.42. The molecule has 0 radical (unpaired) electrons. The van der Waals surface area contributed by atoms with Gasteiger partial charge in [0.25, 0.3) is 0 Å². The fourth-order valence-electron chi connectivity index (χ4n) is 5.48. The highest BCUT2D eigenvalue weighted by Gasteiger charge is 2.32. The summed E-state index contributed by atoms with van der Waals surface area (Å²) in [5.41, 5.74) is 9.07. The van der Waals surface area contributed by atoms with Gasteiger partial charge in [-0.25, -0.2) is 0 Å². The van der Waals surface area contributed by atoms with E-state index >= 15 is 0 Å². The normalized spacial score (nSPS) is 21.0. The first kappa shape index (κ1) is 22.7. The molecule has 36 heavy (non-hydrogen) atoms. The molecule has 1 aromatic heterocycles. The first-order valence-electron chi connectivity index (χ1n) is 11.9. The molecule has 1 fully saturated rings. The number of aromatic nitrogens is 2. The quantitative estimate of drug-likeness (QED) is 0.329. The lowest BCUT2D eigenvalue weighted by molar-refractivity contribution is 0.184. The number of anilines is 1. The number of methoxy groups -OCH3 is 1. The lowest BCUT2D eigenvalue weighted by Gasteiger charge is -2.33. The number of aromatic hydroxyl groups is 1. The first-order valence-corrected chi connectivity index (χ1v) is 12.3. The highest BCUT2D eigenvalue weighted by Crippen LogP contribution is 2.47. The Morgan fingerprint density at radius 1 is 1.19 bits per heavy atom. The van der Waals surface area contributed by atoms with Crippen LogP contribution >= 0.6 is 11.6 Å². The average molecular weight is 501 g/mol. The van der Waals surface area contributed by atoms with Gasteiger partial charge in [0.2, 0.25) is 0 Å². The third-order valence-corrected chi connectivity index (χ3v) is 7.65. The van der Waals surface area contributed by atoms with Crippen molar-refractivity contribution in [1.82, 2.24) is 9.97 Å². The van der Waals surface area contributed by atoms with Crippen LogP contribution in [0.2, 0.25) is 5.02 Å². The third-order valence-electron chi connectivity index (χ3n) is 7.27. The van der Waals surface area contributed by atoms with Gasteiger partial charge in [0.15, 0.2) is 5.75 Å². The summed E-state index contributed by atoms with van der Waals surface area (Å²) in [5, 5.41) is 16.8. The molecule has 4 N–H and O–H groups in total. The Labute approximate surface area is 213 Å². The van der Waals surface area contributed by atoms with Crippen molar-refractivity contribution < 1.29 is 14.6 Å². The van der Waals surface area contributed by atoms with Crippen molar-refractivity contribution in [1.29, 1.82) is 0 Å². The largest absolute Gasteiger partial charge is 0.508 e. The van der Waals surface area contributed by atoms with Crippen molar-refractivity contribution in [2.45, 2.75) is 31.3 Å². The van der Waals surface area contributed by atoms with Crippen LogP contribution in [0.5, 0.6) is 17.5 Å². The fourth-order valence-corrected chi connectivity index (χ4v) is 5.79. The third kappa shape index (κ3) is 3.65. The van der Waals surface area contributed by atoms with Crippen molar-refractivity contribution in [3.05, 3.63) is 47.0 Å². The van der Waals surface area contributed by atoms with Gasteiger partial charge in [0.1, 0.15) is 11.6 Å². The van der Waals surface area contributed by atoms with Crippen LogP contribution in [0.15, 0.2) is 36.4 Å². The second-order valence-electron chi connectivity index (χ2n) is 9.45. The van der Waals surface area contributed by atoms with E-state index in [0.717, 1.165) is 30.0 Å². The van der Waals surface area contributed by atoms with Crippen LogP contribution in [0, 0.1) is 18.3 Å². The maximum absolute atomic E-state index is 10.6. The summed E-state index contributed by atoms with van der Waals surface area (Å²) < 4.78 is 11.9. The molecule has 8 heteroatoms. The lowest BCUT2D eigenvalue weighted by atomic mass is 9.82. The molecular formula is C28H25ClN4O3. The smallest absolute Gasteiger partial charge is 0.318 e. The van der Waals surface area contributed by atoms with Gasteiger partial charge in [0, 0.05) is 34.5 Å². The van der Waals surface area contributed by atoms with Gasteiger partial charge in [-0.05, 0) is 54.5 Å². The molecule has 2 aliphatic rings. The van der Waals surface area contributed by atoms with Gasteiger partial charge in [0.05, 0.1) is 29.6 Å². The van der Waals surface area contributed by atoms with Crippen molar-refractivity contribution in [3.8, 4) is 41.0 Å². The maximum Gasteiger partial charge on any atom is 0.318 e. The molecule has 2 bridgehead atoms. The minimum absolute atomic E-state index is 0.0514. The van der Waals surface area contributed by atoms with E-state index in [2.05, 4.69) is 21.2 Å². The number of rotatable bonds is 2. The summed E-state index contributed by atoms with van der Waals surface area (Å²) in [5.74, 6) is 4.12. The molecule has 1 saturated carbocycles. The molecule has 3 aromatic carbocycles. The predicted octanol–water partition coefficient (Wildman–Crippen LogP) is 5.10. The number of nitrogens with one attached hydrogen (secondary N) is 1. The van der Waals surface area contributed by atoms with Gasteiger partial charge in [-0.2, -0.15) is 9.97 Å². The fraction of sp³-hybridized carbons (Fsp3) is 0.286. The van der Waals surface area contributed by atoms with E-state index in [9.17, 15) is 5.11 Å². The van der Waals surface area contributed by atoms with Gasteiger partial charge < -0.3 is 25.6 Å². The monoisotopic (exact) mass is 500 g/mol. The Balaban J connectivity index is 1.67. The number of phenolic OH excluding ortho intramolecular Hbond substituents is 1. The molecule has 0 saturated heterocycles. The highest BCUT2D eigenvalue weighted by molar-refractivity contribution is 6.37. The van der Waals surface area contributed by atoms with E-state index in [0.29, 0.717) is 50.8 Å². The molecule has 3 unspecified atom stereocenters. The topological polar surface area (TPSA) is 103 Å². The molecule has 6 rings (SSSR count). The van der Waals surface area contributed by atoms with Crippen LogP contribution in [0.3, 0.4) is 0 Å². The molecule has 2 heterocycles. The Kier molecular flexibility index (Phi) is 5.51. The van der Waals surface area contributed by atoms with E-state index in [1.807, 2.05) is 24.3 Å². The molecule has 1 aliphatic carbocycles. The predicted molar refractivity (Wildman–Crippen MR) is 142 cm³/mol. The van der Waals surface area contributed by atoms with E-state index in [1.165, 1.54) is 7.11 Å². The second kappa shape index (κ2) is 8.74. The number of hydrogen-bond acceptors (Lipinski definition) is 7. The van der Waals surface area contributed by atoms with Crippen LogP contribution < -0.4 is 20.5 Å².